The lowest BCUT2D eigenvalue weighted by molar-refractivity contribution is 0.487. The highest BCUT2D eigenvalue weighted by atomic mass is 16.4. The van der Waals surface area contributed by atoms with Crippen LogP contribution in [0.4, 0.5) is 6.01 Å². The van der Waals surface area contributed by atoms with Crippen molar-refractivity contribution >= 4 is 6.01 Å². The monoisotopic (exact) mass is 271 g/mol. The van der Waals surface area contributed by atoms with Crippen molar-refractivity contribution in [2.24, 2.45) is 0 Å². The molecule has 0 aliphatic carbocycles. The molecule has 106 valence electrons. The summed E-state index contributed by atoms with van der Waals surface area (Å²) in [6, 6.07) is 11.5. The van der Waals surface area contributed by atoms with Crippen LogP contribution in [0.3, 0.4) is 0 Å². The van der Waals surface area contributed by atoms with Crippen LogP contribution in [0.15, 0.2) is 34.7 Å². The first-order chi connectivity index (χ1) is 9.86. The van der Waals surface area contributed by atoms with Crippen LogP contribution < -0.4 is 4.90 Å². The van der Waals surface area contributed by atoms with Crippen molar-refractivity contribution in [2.75, 3.05) is 18.0 Å². The van der Waals surface area contributed by atoms with Gasteiger partial charge in [0.25, 0.3) is 0 Å². The summed E-state index contributed by atoms with van der Waals surface area (Å²) in [4.78, 5) is 2.23. The maximum Gasteiger partial charge on any atom is 0.318 e. The molecule has 1 atom stereocenters. The van der Waals surface area contributed by atoms with E-state index in [-0.39, 0.29) is 0 Å². The predicted molar refractivity (Wildman–Crippen MR) is 78.9 cm³/mol. The van der Waals surface area contributed by atoms with E-state index in [1.54, 1.807) is 0 Å². The van der Waals surface area contributed by atoms with Gasteiger partial charge < -0.3 is 9.32 Å². The molecule has 2 aromatic rings. The molecule has 0 radical (unpaired) electrons. The van der Waals surface area contributed by atoms with E-state index in [1.165, 1.54) is 18.4 Å². The Kier molecular flexibility index (Phi) is 4.00. The Morgan fingerprint density at radius 1 is 1.15 bits per heavy atom. The van der Waals surface area contributed by atoms with Crippen LogP contribution in [0.2, 0.25) is 0 Å². The third-order valence-corrected chi connectivity index (χ3v) is 4.03. The molecule has 0 saturated carbocycles. The first-order valence-electron chi connectivity index (χ1n) is 7.49. The van der Waals surface area contributed by atoms with Crippen molar-refractivity contribution in [3.63, 3.8) is 0 Å². The molecule has 1 saturated heterocycles. The molecular formula is C16H21N3O. The second-order valence-electron chi connectivity index (χ2n) is 5.36. The van der Waals surface area contributed by atoms with Crippen LogP contribution in [-0.2, 0) is 6.42 Å². The molecule has 0 bridgehead atoms. The van der Waals surface area contributed by atoms with Crippen molar-refractivity contribution in [1.82, 2.24) is 10.2 Å². The minimum Gasteiger partial charge on any atom is -0.408 e. The van der Waals surface area contributed by atoms with E-state index in [4.69, 9.17) is 4.42 Å². The van der Waals surface area contributed by atoms with Crippen LogP contribution in [0.5, 0.6) is 0 Å². The molecule has 1 aliphatic rings. The smallest absolute Gasteiger partial charge is 0.318 e. The molecule has 0 spiro atoms. The van der Waals surface area contributed by atoms with E-state index < -0.39 is 0 Å². The minimum absolute atomic E-state index is 0.648. The van der Waals surface area contributed by atoms with E-state index in [0.29, 0.717) is 11.9 Å². The van der Waals surface area contributed by atoms with E-state index in [1.807, 2.05) is 6.92 Å². The maximum atomic E-state index is 5.67. The number of anilines is 1. The van der Waals surface area contributed by atoms with Gasteiger partial charge in [0.05, 0.1) is 0 Å². The Morgan fingerprint density at radius 3 is 2.75 bits per heavy atom. The zero-order chi connectivity index (χ0) is 13.8. The number of hydrogen-bond donors (Lipinski definition) is 0. The van der Waals surface area contributed by atoms with Crippen molar-refractivity contribution in [1.29, 1.82) is 0 Å². The summed E-state index contributed by atoms with van der Waals surface area (Å²) in [6.45, 7) is 4.03. The molecule has 20 heavy (non-hydrogen) atoms. The number of benzene rings is 1. The maximum absolute atomic E-state index is 5.67. The topological polar surface area (TPSA) is 42.2 Å². The lowest BCUT2D eigenvalue weighted by Crippen LogP contribution is -2.24. The SMILES string of the molecule is CCc1nnc(N2CCCC(c3ccccc3)CC2)o1. The molecule has 1 aromatic heterocycles. The van der Waals surface area contributed by atoms with Crippen molar-refractivity contribution in [3.05, 3.63) is 41.8 Å². The highest BCUT2D eigenvalue weighted by Gasteiger charge is 2.21. The number of rotatable bonds is 3. The fraction of sp³-hybridized carbons (Fsp3) is 0.500. The Hall–Kier alpha value is -1.84. The van der Waals surface area contributed by atoms with Crippen LogP contribution in [-0.4, -0.2) is 23.3 Å². The molecule has 0 amide bonds. The second kappa shape index (κ2) is 6.07. The summed E-state index contributed by atoms with van der Waals surface area (Å²) < 4.78 is 5.67. The molecule has 1 unspecified atom stereocenters. The summed E-state index contributed by atoms with van der Waals surface area (Å²) in [6.07, 6.45) is 4.35. The van der Waals surface area contributed by atoms with E-state index >= 15 is 0 Å². The molecule has 1 fully saturated rings. The Morgan fingerprint density at radius 2 is 2.00 bits per heavy atom. The molecule has 3 rings (SSSR count). The van der Waals surface area contributed by atoms with E-state index in [2.05, 4.69) is 45.4 Å². The molecule has 1 aromatic carbocycles. The van der Waals surface area contributed by atoms with Crippen LogP contribution >= 0.6 is 0 Å². The van der Waals surface area contributed by atoms with Crippen LogP contribution in [0.1, 0.15) is 43.6 Å². The van der Waals surface area contributed by atoms with Crippen molar-refractivity contribution in [3.8, 4) is 0 Å². The first kappa shape index (κ1) is 13.2. The number of nitrogens with zero attached hydrogens (tertiary/aromatic N) is 3. The van der Waals surface area contributed by atoms with Gasteiger partial charge in [0.2, 0.25) is 5.89 Å². The van der Waals surface area contributed by atoms with Crippen LogP contribution in [0, 0.1) is 0 Å². The van der Waals surface area contributed by atoms with Crippen LogP contribution in [0.25, 0.3) is 0 Å². The third kappa shape index (κ3) is 2.84. The van der Waals surface area contributed by atoms with Gasteiger partial charge in [0.15, 0.2) is 0 Å². The quantitative estimate of drug-likeness (QED) is 0.858. The summed E-state index contributed by atoms with van der Waals surface area (Å²) in [5.41, 5.74) is 1.45. The number of hydrogen-bond acceptors (Lipinski definition) is 4. The Balaban J connectivity index is 1.67. The van der Waals surface area contributed by atoms with Gasteiger partial charge in [-0.1, -0.05) is 42.4 Å². The van der Waals surface area contributed by atoms with Gasteiger partial charge in [-0.15, -0.1) is 5.10 Å². The van der Waals surface area contributed by atoms with Gasteiger partial charge in [-0.3, -0.25) is 0 Å². The number of aryl methyl sites for hydroxylation is 1. The zero-order valence-electron chi connectivity index (χ0n) is 12.0. The zero-order valence-corrected chi connectivity index (χ0v) is 12.0. The molecular weight excluding hydrogens is 250 g/mol. The summed E-state index contributed by atoms with van der Waals surface area (Å²) in [7, 11) is 0. The summed E-state index contributed by atoms with van der Waals surface area (Å²) >= 11 is 0. The molecule has 2 heterocycles. The predicted octanol–water partition coefficient (Wildman–Crippen LogP) is 3.41. The largest absolute Gasteiger partial charge is 0.408 e. The molecule has 1 aliphatic heterocycles. The first-order valence-corrected chi connectivity index (χ1v) is 7.49. The van der Waals surface area contributed by atoms with Gasteiger partial charge in [-0.05, 0) is 30.7 Å². The lowest BCUT2D eigenvalue weighted by Gasteiger charge is -2.17. The Bertz CT molecular complexity index is 538. The van der Waals surface area contributed by atoms with Gasteiger partial charge in [0, 0.05) is 19.5 Å². The van der Waals surface area contributed by atoms with Crippen molar-refractivity contribution in [2.45, 2.75) is 38.5 Å². The average molecular weight is 271 g/mol. The fourth-order valence-electron chi connectivity index (χ4n) is 2.86. The minimum atomic E-state index is 0.648. The van der Waals surface area contributed by atoms with Gasteiger partial charge in [-0.2, -0.15) is 0 Å². The summed E-state index contributed by atoms with van der Waals surface area (Å²) in [5, 5.41) is 8.22. The van der Waals surface area contributed by atoms with E-state index in [9.17, 15) is 0 Å². The standard InChI is InChI=1S/C16H21N3O/c1-2-15-17-18-16(20-15)19-11-6-9-14(10-12-19)13-7-4-3-5-8-13/h3-5,7-8,14H,2,6,9-12H2,1H3. The Labute approximate surface area is 119 Å². The molecule has 4 heteroatoms. The van der Waals surface area contributed by atoms with Crippen molar-refractivity contribution < 1.29 is 4.42 Å². The van der Waals surface area contributed by atoms with Gasteiger partial charge >= 0.3 is 6.01 Å². The molecule has 4 nitrogen and oxygen atoms in total. The van der Waals surface area contributed by atoms with Gasteiger partial charge in [0.1, 0.15) is 0 Å². The highest BCUT2D eigenvalue weighted by Crippen LogP contribution is 2.29. The number of aromatic nitrogens is 2. The second-order valence-corrected chi connectivity index (χ2v) is 5.36. The summed E-state index contributed by atoms with van der Waals surface area (Å²) in [5.74, 6) is 1.37. The van der Waals surface area contributed by atoms with Gasteiger partial charge in [-0.25, -0.2) is 0 Å². The average Bonchev–Trinajstić information content (AvgIpc) is 2.85. The molecule has 0 N–H and O–H groups in total. The lowest BCUT2D eigenvalue weighted by atomic mass is 9.92. The highest BCUT2D eigenvalue weighted by molar-refractivity contribution is 5.26. The normalized spacial score (nSPS) is 19.9. The third-order valence-electron chi connectivity index (χ3n) is 4.03. The fourth-order valence-corrected chi connectivity index (χ4v) is 2.86. The van der Waals surface area contributed by atoms with E-state index in [0.717, 1.165) is 31.8 Å².